The first-order chi connectivity index (χ1) is 32.9. The molecule has 0 saturated heterocycles. The quantitative estimate of drug-likeness (QED) is 0.00957. The van der Waals surface area contributed by atoms with Crippen LogP contribution >= 0.6 is 15.6 Å². The number of rotatable bonds is 39. The normalized spacial score (nSPS) is 22.8. The number of hydrogen-bond acceptors (Lipinski definition) is 15. The standard InChI is InChI=1S/C49H82O18P2/c1-3-5-7-9-11-12-13-14-15-16-17-18-19-20-21-23-29-35-43(53)65-41(38-64-69(61,62)67-49-46(56)44(54)45(55)48(47(49)57)66-68(58,59)60)37-63-42(52)36-30-34-40(51)33-28-25-24-27-32-39(50)31-26-22-10-8-6-4-2/h14-15,17-18,20-22,24-28,32-33,39-41,44-51,54-57H,3-13,16,19,23,29-31,34-38H2,1-2H3,(H,61,62)(H2,58,59,60)/b15-14-,18-17-,21-20-,25-24+,26-22-,32-27+,33-28-/t39-,40-,41-,44?,45?,46?,47?,48-,49+/m1/s1. The first-order valence-corrected chi connectivity index (χ1v) is 27.4. The lowest BCUT2D eigenvalue weighted by atomic mass is 9.85. The Labute approximate surface area is 409 Å². The molecule has 1 fully saturated rings. The SMILES string of the molecule is CCCCC/C=C\C[C@@H](O)/C=C/C=C/C=C\[C@@H](O)CCCC(=O)OC[C@H](COP(=O)(O)O[C@H]1C(O)C(O)C(O)[C@@H](OP(=O)(O)O)C1O)OC(=O)CCC/C=C\C/C=C\C/C=C\CCCCCCCC. The lowest BCUT2D eigenvalue weighted by Crippen LogP contribution is -2.64. The monoisotopic (exact) mass is 1020 g/mol. The molecule has 18 nitrogen and oxygen atoms in total. The van der Waals surface area contributed by atoms with Crippen molar-refractivity contribution in [3.05, 3.63) is 85.1 Å². The maximum absolute atomic E-state index is 13.0. The van der Waals surface area contributed by atoms with Crippen molar-refractivity contribution in [3.8, 4) is 0 Å². The highest BCUT2D eigenvalue weighted by Crippen LogP contribution is 2.49. The lowest BCUT2D eigenvalue weighted by Gasteiger charge is -2.43. The van der Waals surface area contributed by atoms with Gasteiger partial charge in [0.15, 0.2) is 6.10 Å². The van der Waals surface area contributed by atoms with Crippen LogP contribution in [0.15, 0.2) is 85.1 Å². The third kappa shape index (κ3) is 33.4. The zero-order valence-electron chi connectivity index (χ0n) is 40.4. The Morgan fingerprint density at radius 1 is 0.551 bits per heavy atom. The molecular weight excluding hydrogens is 938 g/mol. The van der Waals surface area contributed by atoms with Crippen LogP contribution in [0.2, 0.25) is 0 Å². The highest BCUT2D eigenvalue weighted by atomic mass is 31.2. The zero-order chi connectivity index (χ0) is 51.3. The maximum atomic E-state index is 13.0. The second kappa shape index (κ2) is 38.7. The van der Waals surface area contributed by atoms with Gasteiger partial charge < -0.3 is 54.8 Å². The van der Waals surface area contributed by atoms with E-state index in [9.17, 15) is 64.0 Å². The minimum absolute atomic E-state index is 0.0847. The lowest BCUT2D eigenvalue weighted by molar-refractivity contribution is -0.216. The summed E-state index contributed by atoms with van der Waals surface area (Å²) in [6.45, 7) is 2.78. The number of unbranched alkanes of at least 4 members (excludes halogenated alkanes) is 10. The van der Waals surface area contributed by atoms with Gasteiger partial charge in [0.2, 0.25) is 0 Å². The molecular formula is C49H82O18P2. The van der Waals surface area contributed by atoms with E-state index in [1.807, 2.05) is 24.3 Å². The van der Waals surface area contributed by atoms with Gasteiger partial charge in [0.05, 0.1) is 18.8 Å². The molecule has 0 radical (unpaired) electrons. The molecule has 1 rings (SSSR count). The predicted octanol–water partition coefficient (Wildman–Crippen LogP) is 7.34. The van der Waals surface area contributed by atoms with Gasteiger partial charge in [0.25, 0.3) is 0 Å². The number of ether oxygens (including phenoxy) is 2. The van der Waals surface area contributed by atoms with E-state index < -0.39 is 95.7 Å². The Bertz CT molecular complexity index is 1690. The number of hydrogen-bond donors (Lipinski definition) is 9. The Morgan fingerprint density at radius 2 is 1.06 bits per heavy atom. The summed E-state index contributed by atoms with van der Waals surface area (Å²) in [6.07, 6.45) is 25.9. The van der Waals surface area contributed by atoms with Crippen molar-refractivity contribution in [2.75, 3.05) is 13.2 Å². The molecule has 20 heteroatoms. The Kier molecular flexibility index (Phi) is 36.0. The Balaban J connectivity index is 2.74. The molecule has 396 valence electrons. The van der Waals surface area contributed by atoms with Crippen molar-refractivity contribution in [2.45, 2.75) is 197 Å². The molecule has 10 atom stereocenters. The number of phosphoric ester groups is 2. The molecule has 0 amide bonds. The molecule has 0 aromatic carbocycles. The van der Waals surface area contributed by atoms with Gasteiger partial charge in [-0.1, -0.05) is 144 Å². The number of carbonyl (C=O) groups excluding carboxylic acids is 2. The molecule has 9 N–H and O–H groups in total. The first kappa shape index (κ1) is 64.1. The van der Waals surface area contributed by atoms with Gasteiger partial charge in [-0.2, -0.15) is 0 Å². The van der Waals surface area contributed by atoms with Crippen molar-refractivity contribution in [2.24, 2.45) is 0 Å². The number of aliphatic hydroxyl groups excluding tert-OH is 6. The summed E-state index contributed by atoms with van der Waals surface area (Å²) in [7, 11) is -10.8. The Hall–Kier alpha value is -2.90. The largest absolute Gasteiger partial charge is 0.472 e. The highest BCUT2D eigenvalue weighted by Gasteiger charge is 2.54. The van der Waals surface area contributed by atoms with E-state index in [0.29, 0.717) is 25.7 Å². The fourth-order valence-electron chi connectivity index (χ4n) is 6.76. The van der Waals surface area contributed by atoms with Crippen LogP contribution < -0.4 is 0 Å². The van der Waals surface area contributed by atoms with Crippen LogP contribution in [0.4, 0.5) is 0 Å². The maximum Gasteiger partial charge on any atom is 0.472 e. The first-order valence-electron chi connectivity index (χ1n) is 24.3. The van der Waals surface area contributed by atoms with Crippen LogP contribution in [-0.2, 0) is 41.8 Å². The molecule has 1 saturated carbocycles. The summed E-state index contributed by atoms with van der Waals surface area (Å²) in [5, 5.41) is 61.6. The minimum atomic E-state index is -5.40. The minimum Gasteiger partial charge on any atom is -0.462 e. The molecule has 0 heterocycles. The molecule has 1 aliphatic rings. The zero-order valence-corrected chi connectivity index (χ0v) is 42.2. The smallest absolute Gasteiger partial charge is 0.462 e. The topological polar surface area (TPSA) is 296 Å². The summed E-state index contributed by atoms with van der Waals surface area (Å²) in [6, 6.07) is 0. The third-order valence-electron chi connectivity index (χ3n) is 10.6. The van der Waals surface area contributed by atoms with Gasteiger partial charge in [-0.05, 0) is 70.6 Å². The molecule has 0 bridgehead atoms. The molecule has 0 aromatic heterocycles. The average Bonchev–Trinajstić information content (AvgIpc) is 3.29. The van der Waals surface area contributed by atoms with Crippen molar-refractivity contribution < 1.29 is 87.1 Å². The number of esters is 2. The van der Waals surface area contributed by atoms with E-state index >= 15 is 0 Å². The molecule has 5 unspecified atom stereocenters. The van der Waals surface area contributed by atoms with Gasteiger partial charge in [-0.25, -0.2) is 9.13 Å². The summed E-state index contributed by atoms with van der Waals surface area (Å²) >= 11 is 0. The van der Waals surface area contributed by atoms with Crippen molar-refractivity contribution >= 4 is 27.6 Å². The van der Waals surface area contributed by atoms with Crippen LogP contribution in [0.1, 0.15) is 142 Å². The number of aliphatic hydroxyl groups is 6. The van der Waals surface area contributed by atoms with Crippen LogP contribution in [0, 0.1) is 0 Å². The summed E-state index contributed by atoms with van der Waals surface area (Å²) in [4.78, 5) is 54.3. The van der Waals surface area contributed by atoms with Crippen LogP contribution in [0.5, 0.6) is 0 Å². The summed E-state index contributed by atoms with van der Waals surface area (Å²) < 4.78 is 49.1. The summed E-state index contributed by atoms with van der Waals surface area (Å²) in [5.74, 6) is -1.52. The second-order valence-corrected chi connectivity index (χ2v) is 19.5. The third-order valence-corrected chi connectivity index (χ3v) is 12.1. The summed E-state index contributed by atoms with van der Waals surface area (Å²) in [5.41, 5.74) is 0. The fourth-order valence-corrected chi connectivity index (χ4v) is 8.30. The van der Waals surface area contributed by atoms with E-state index in [0.717, 1.165) is 32.1 Å². The van der Waals surface area contributed by atoms with E-state index in [1.54, 1.807) is 30.4 Å². The fraction of sp³-hybridized carbons (Fsp3) is 0.673. The van der Waals surface area contributed by atoms with E-state index in [4.69, 9.17) is 18.5 Å². The second-order valence-electron chi connectivity index (χ2n) is 16.9. The highest BCUT2D eigenvalue weighted by molar-refractivity contribution is 7.47. The van der Waals surface area contributed by atoms with Crippen molar-refractivity contribution in [3.63, 3.8) is 0 Å². The molecule has 1 aliphatic carbocycles. The molecule has 0 aromatic rings. The molecule has 0 aliphatic heterocycles. The number of allylic oxidation sites excluding steroid dienone is 11. The van der Waals surface area contributed by atoms with Gasteiger partial charge in [0, 0.05) is 12.8 Å². The molecule has 69 heavy (non-hydrogen) atoms. The molecule has 0 spiro atoms. The predicted molar refractivity (Wildman–Crippen MR) is 262 cm³/mol. The number of carbonyl (C=O) groups is 2. The van der Waals surface area contributed by atoms with Gasteiger partial charge >= 0.3 is 27.6 Å². The van der Waals surface area contributed by atoms with Gasteiger partial charge in [-0.3, -0.25) is 23.2 Å². The number of phosphoric acid groups is 2. The van der Waals surface area contributed by atoms with Crippen LogP contribution in [0.3, 0.4) is 0 Å². The van der Waals surface area contributed by atoms with Crippen molar-refractivity contribution in [1.82, 2.24) is 0 Å². The Morgan fingerprint density at radius 3 is 1.68 bits per heavy atom. The van der Waals surface area contributed by atoms with Crippen molar-refractivity contribution in [1.29, 1.82) is 0 Å². The van der Waals surface area contributed by atoms with E-state index in [1.165, 1.54) is 51.0 Å². The van der Waals surface area contributed by atoms with Crippen LogP contribution in [-0.4, -0.2) is 125 Å². The van der Waals surface area contributed by atoms with Gasteiger partial charge in [-0.15, -0.1) is 0 Å². The van der Waals surface area contributed by atoms with E-state index in [2.05, 4.69) is 42.7 Å². The average molecular weight is 1020 g/mol. The van der Waals surface area contributed by atoms with Crippen LogP contribution in [0.25, 0.3) is 0 Å². The van der Waals surface area contributed by atoms with Gasteiger partial charge in [0.1, 0.15) is 43.2 Å². The van der Waals surface area contributed by atoms with E-state index in [-0.39, 0.29) is 25.7 Å².